The quantitative estimate of drug-likeness (QED) is 0.567. The molecular weight excluding hydrogens is 291 g/mol. The summed E-state index contributed by atoms with van der Waals surface area (Å²) < 4.78 is 0. The van der Waals surface area contributed by atoms with Gasteiger partial charge in [0.05, 0.1) is 30.9 Å². The summed E-state index contributed by atoms with van der Waals surface area (Å²) >= 11 is 0. The molecule has 0 saturated heterocycles. The molecular formula is C17H38N4P+. The molecule has 5 heteroatoms. The molecule has 1 aromatic rings. The number of aromatic nitrogens is 3. The van der Waals surface area contributed by atoms with E-state index in [0.717, 1.165) is 0 Å². The maximum absolute atomic E-state index is 6.52. The van der Waals surface area contributed by atoms with Gasteiger partial charge in [-0.05, 0) is 25.7 Å². The topological polar surface area (TPSA) is 67.6 Å². The highest BCUT2D eigenvalue weighted by Gasteiger charge is 2.40. The smallest absolute Gasteiger partial charge is 0.116 e. The fourth-order valence-corrected chi connectivity index (χ4v) is 8.08. The summed E-state index contributed by atoms with van der Waals surface area (Å²) in [5.41, 5.74) is 6.52. The van der Waals surface area contributed by atoms with Gasteiger partial charge in [-0.3, -0.25) is 5.73 Å². The molecule has 0 saturated carbocycles. The van der Waals surface area contributed by atoms with Crippen molar-refractivity contribution >= 4 is 7.26 Å². The number of nitrogens with one attached hydrogen (secondary N) is 1. The van der Waals surface area contributed by atoms with Crippen molar-refractivity contribution in [1.29, 1.82) is 0 Å². The third kappa shape index (κ3) is 8.85. The zero-order valence-electron chi connectivity index (χ0n) is 15.2. The van der Waals surface area contributed by atoms with E-state index in [-0.39, 0.29) is 0 Å². The third-order valence-corrected chi connectivity index (χ3v) is 9.72. The van der Waals surface area contributed by atoms with Crippen LogP contribution in [0.1, 0.15) is 72.6 Å². The molecule has 0 aliphatic carbocycles. The summed E-state index contributed by atoms with van der Waals surface area (Å²) in [6.07, 6.45) is 16.9. The molecule has 0 aliphatic heterocycles. The van der Waals surface area contributed by atoms with Crippen LogP contribution in [0.5, 0.6) is 0 Å². The summed E-state index contributed by atoms with van der Waals surface area (Å²) in [5, 5.41) is 9.33. The molecule has 0 radical (unpaired) electrons. The molecule has 1 atom stereocenters. The van der Waals surface area contributed by atoms with Gasteiger partial charge >= 0.3 is 0 Å². The molecule has 0 aromatic carbocycles. The van der Waals surface area contributed by atoms with Crippen molar-refractivity contribution in [2.45, 2.75) is 78.4 Å². The van der Waals surface area contributed by atoms with Gasteiger partial charge in [0.2, 0.25) is 0 Å². The van der Waals surface area contributed by atoms with Crippen LogP contribution < -0.4 is 5.73 Å². The molecule has 0 aliphatic rings. The lowest BCUT2D eigenvalue weighted by atomic mass is 10.4. The Bertz CT molecular complexity index is 277. The monoisotopic (exact) mass is 329 g/mol. The first kappa shape index (κ1) is 21.5. The van der Waals surface area contributed by atoms with Crippen molar-refractivity contribution in [3.8, 4) is 0 Å². The molecule has 1 unspecified atom stereocenters. The van der Waals surface area contributed by atoms with E-state index in [1.165, 1.54) is 63.4 Å². The van der Waals surface area contributed by atoms with Crippen LogP contribution in [0.3, 0.4) is 0 Å². The lowest BCUT2D eigenvalue weighted by Gasteiger charge is -2.32. The number of nitrogens with zero attached hydrogens (tertiary/aromatic N) is 2. The first-order valence-corrected chi connectivity index (χ1v) is 11.5. The first-order valence-electron chi connectivity index (χ1n) is 9.07. The average Bonchev–Trinajstić information content (AvgIpc) is 3.13. The lowest BCUT2D eigenvalue weighted by molar-refractivity contribution is 0.777. The van der Waals surface area contributed by atoms with Crippen LogP contribution in [-0.4, -0.2) is 39.7 Å². The first-order chi connectivity index (χ1) is 10.7. The maximum atomic E-state index is 6.52. The highest BCUT2D eigenvalue weighted by molar-refractivity contribution is 7.76. The number of rotatable bonds is 11. The van der Waals surface area contributed by atoms with E-state index in [0.29, 0.717) is 5.78 Å². The largest absolute Gasteiger partial charge is 0.297 e. The molecule has 3 N–H and O–H groups in total. The molecule has 1 aromatic heterocycles. The van der Waals surface area contributed by atoms with E-state index in [1.54, 1.807) is 12.4 Å². The minimum atomic E-state index is -0.859. The average molecular weight is 329 g/mol. The zero-order valence-corrected chi connectivity index (χ0v) is 16.1. The van der Waals surface area contributed by atoms with Gasteiger partial charge in [0, 0.05) is 7.26 Å². The van der Waals surface area contributed by atoms with Gasteiger partial charge in [0.25, 0.3) is 0 Å². The van der Waals surface area contributed by atoms with Crippen molar-refractivity contribution in [3.05, 3.63) is 12.4 Å². The molecule has 4 nitrogen and oxygen atoms in total. The summed E-state index contributed by atoms with van der Waals surface area (Å²) in [4.78, 5) is 0. The van der Waals surface area contributed by atoms with E-state index in [1.807, 2.05) is 0 Å². The van der Waals surface area contributed by atoms with Crippen LogP contribution in [0.25, 0.3) is 0 Å². The van der Waals surface area contributed by atoms with Gasteiger partial charge in [-0.15, -0.1) is 0 Å². The highest BCUT2D eigenvalue weighted by atomic mass is 31.2. The van der Waals surface area contributed by atoms with Crippen molar-refractivity contribution in [1.82, 2.24) is 15.4 Å². The standard InChI is InChI=1S/C15H35NP.C2H3N3/c1-5-9-12-17(13-10-6-2,14-11-7-3)15(16)8-4;1-2-4-5-3-1/h15H,5-14,16H2,1-4H3;1-2H,(H,3,4,5)/q+1;. The Hall–Kier alpha value is -0.470. The molecule has 130 valence electrons. The Morgan fingerprint density at radius 1 is 0.864 bits per heavy atom. The van der Waals surface area contributed by atoms with Gasteiger partial charge in [-0.1, -0.05) is 47.0 Å². The Morgan fingerprint density at radius 2 is 1.27 bits per heavy atom. The van der Waals surface area contributed by atoms with E-state index >= 15 is 0 Å². The normalized spacial score (nSPS) is 12.6. The molecule has 0 spiro atoms. The highest BCUT2D eigenvalue weighted by Crippen LogP contribution is 2.63. The summed E-state index contributed by atoms with van der Waals surface area (Å²) in [7, 11) is -0.859. The fourth-order valence-electron chi connectivity index (χ4n) is 2.81. The van der Waals surface area contributed by atoms with E-state index in [2.05, 4.69) is 43.1 Å². The summed E-state index contributed by atoms with van der Waals surface area (Å²) in [6.45, 7) is 9.21. The molecule has 1 rings (SSSR count). The van der Waals surface area contributed by atoms with Crippen molar-refractivity contribution in [2.24, 2.45) is 5.73 Å². The lowest BCUT2D eigenvalue weighted by Crippen LogP contribution is -2.29. The minimum Gasteiger partial charge on any atom is -0.297 e. The van der Waals surface area contributed by atoms with Crippen LogP contribution in [0, 0.1) is 0 Å². The Morgan fingerprint density at radius 3 is 1.50 bits per heavy atom. The SMILES string of the molecule is CCCC[P+](CCCC)(CCCC)C(N)CC.c1cn[nH]n1. The predicted molar refractivity (Wildman–Crippen MR) is 101 cm³/mol. The van der Waals surface area contributed by atoms with Gasteiger partial charge in [-0.2, -0.15) is 15.4 Å². The number of nitrogens with two attached hydrogens (primary N) is 1. The second-order valence-electron chi connectivity index (χ2n) is 6.08. The minimum absolute atomic E-state index is 0.521. The fraction of sp³-hybridized carbons (Fsp3) is 0.882. The zero-order chi connectivity index (χ0) is 16.7. The van der Waals surface area contributed by atoms with Crippen LogP contribution in [0.15, 0.2) is 12.4 Å². The van der Waals surface area contributed by atoms with E-state index in [9.17, 15) is 0 Å². The molecule has 0 amide bonds. The third-order valence-electron chi connectivity index (χ3n) is 4.32. The van der Waals surface area contributed by atoms with Gasteiger partial charge in [0.15, 0.2) is 0 Å². The second-order valence-corrected chi connectivity index (χ2v) is 10.5. The van der Waals surface area contributed by atoms with Crippen molar-refractivity contribution in [3.63, 3.8) is 0 Å². The van der Waals surface area contributed by atoms with Gasteiger partial charge in [0.1, 0.15) is 5.78 Å². The van der Waals surface area contributed by atoms with Gasteiger partial charge in [-0.25, -0.2) is 0 Å². The summed E-state index contributed by atoms with van der Waals surface area (Å²) in [6, 6.07) is 0. The van der Waals surface area contributed by atoms with Gasteiger partial charge < -0.3 is 0 Å². The number of unbranched alkanes of at least 4 members (excludes halogenated alkanes) is 3. The molecule has 22 heavy (non-hydrogen) atoms. The second kappa shape index (κ2) is 14.1. The van der Waals surface area contributed by atoms with Crippen LogP contribution in [0.4, 0.5) is 0 Å². The van der Waals surface area contributed by atoms with Crippen molar-refractivity contribution in [2.75, 3.05) is 18.5 Å². The maximum Gasteiger partial charge on any atom is 0.116 e. The van der Waals surface area contributed by atoms with Crippen LogP contribution in [0.2, 0.25) is 0 Å². The summed E-state index contributed by atoms with van der Waals surface area (Å²) in [5.74, 6) is 0.521. The Kier molecular flexibility index (Phi) is 13.8. The Labute approximate surface area is 138 Å². The number of hydrogen-bond acceptors (Lipinski definition) is 3. The van der Waals surface area contributed by atoms with Crippen LogP contribution in [-0.2, 0) is 0 Å². The van der Waals surface area contributed by atoms with E-state index in [4.69, 9.17) is 5.73 Å². The predicted octanol–water partition coefficient (Wildman–Crippen LogP) is 4.90. The number of H-pyrrole nitrogens is 1. The Balaban J connectivity index is 0.000000734. The molecule has 1 heterocycles. The van der Waals surface area contributed by atoms with E-state index < -0.39 is 7.26 Å². The molecule has 0 bridgehead atoms. The van der Waals surface area contributed by atoms with Crippen molar-refractivity contribution < 1.29 is 0 Å². The molecule has 0 fully saturated rings. The number of hydrogen-bond donors (Lipinski definition) is 2. The number of aromatic amines is 1. The van der Waals surface area contributed by atoms with Crippen LogP contribution >= 0.6 is 7.26 Å².